The predicted octanol–water partition coefficient (Wildman–Crippen LogP) is 16.8. The Bertz CT molecular complexity index is 3460. The van der Waals surface area contributed by atoms with Gasteiger partial charge in [0.15, 0.2) is 0 Å². The quantitative estimate of drug-likeness (QED) is 0.101. The van der Waals surface area contributed by atoms with Gasteiger partial charge in [-0.3, -0.25) is 9.59 Å². The molecule has 0 amide bonds. The lowest BCUT2D eigenvalue weighted by Crippen LogP contribution is -2.10. The third-order valence-corrected chi connectivity index (χ3v) is 14.6. The lowest BCUT2D eigenvalue weighted by Gasteiger charge is -2.27. The number of benzene rings is 10. The number of aryl methyl sites for hydroxylation is 2. The number of fused-ring (bicyclic) bond motifs is 5. The SMILES string of the molecule is COC(=O)CCc1ccc(N(c2ccc(-c3ccc4c(c3)sc3cc(-c5ccc(N(c6ccc(CCC(=O)OC)cc6)c6cccc7ccccc67)cc5)ccc34)cc2)c2cccc3ccccc23)cc1. The van der Waals surface area contributed by atoms with Crippen molar-refractivity contribution < 1.29 is 19.1 Å². The molecule has 0 atom stereocenters. The molecule has 0 spiro atoms. The molecule has 7 heteroatoms. The lowest BCUT2D eigenvalue weighted by atomic mass is 10.0. The highest BCUT2D eigenvalue weighted by Crippen LogP contribution is 2.43. The van der Waals surface area contributed by atoms with Crippen molar-refractivity contribution in [2.45, 2.75) is 25.7 Å². The number of nitrogens with zero attached hydrogens (tertiary/aromatic N) is 2. The van der Waals surface area contributed by atoms with Crippen LogP contribution in [0.15, 0.2) is 218 Å². The van der Waals surface area contributed by atoms with E-state index in [4.69, 9.17) is 9.47 Å². The van der Waals surface area contributed by atoms with E-state index in [0.717, 1.165) is 56.4 Å². The molecule has 346 valence electrons. The summed E-state index contributed by atoms with van der Waals surface area (Å²) >= 11 is 1.83. The fourth-order valence-corrected chi connectivity index (χ4v) is 10.9. The third kappa shape index (κ3) is 9.23. The lowest BCUT2D eigenvalue weighted by molar-refractivity contribution is -0.141. The molecule has 11 rings (SSSR count). The van der Waals surface area contributed by atoms with Crippen molar-refractivity contribution in [1.82, 2.24) is 0 Å². The molecule has 6 nitrogen and oxygen atoms in total. The standard InChI is InChI=1S/C64H50N2O4S/c1-69-63(67)39-21-43-17-29-51(30-18-43)65(59-15-7-11-47-9-3-5-13-55(47)59)53-33-23-45(24-34-53)49-27-37-57-58-38-28-50(42-62(58)71-61(57)41-49)46-25-35-54(36-26-46)66(60-16-8-12-48-10-4-6-14-56(48)60)52-31-19-44(20-32-52)22-40-64(68)70-2/h3-20,23-38,41-42H,21-22,39-40H2,1-2H3. The number of ether oxygens (including phenoxy) is 2. The highest BCUT2D eigenvalue weighted by Gasteiger charge is 2.19. The van der Waals surface area contributed by atoms with Crippen LogP contribution in [-0.4, -0.2) is 26.2 Å². The molecule has 0 aliphatic carbocycles. The maximum atomic E-state index is 11.9. The Morgan fingerprint density at radius 2 is 0.732 bits per heavy atom. The summed E-state index contributed by atoms with van der Waals surface area (Å²) in [6.07, 6.45) is 1.95. The smallest absolute Gasteiger partial charge is 0.305 e. The minimum absolute atomic E-state index is 0.206. The van der Waals surface area contributed by atoms with Gasteiger partial charge in [0.05, 0.1) is 25.6 Å². The first-order valence-corrected chi connectivity index (χ1v) is 24.8. The van der Waals surface area contributed by atoms with Crippen LogP contribution in [0, 0.1) is 0 Å². The highest BCUT2D eigenvalue weighted by molar-refractivity contribution is 7.25. The van der Waals surface area contributed by atoms with Crippen molar-refractivity contribution in [3.05, 3.63) is 230 Å². The van der Waals surface area contributed by atoms with Gasteiger partial charge in [-0.1, -0.05) is 146 Å². The Morgan fingerprint density at radius 3 is 1.13 bits per heavy atom. The summed E-state index contributed by atoms with van der Waals surface area (Å²) < 4.78 is 12.3. The zero-order chi connectivity index (χ0) is 48.3. The maximum absolute atomic E-state index is 11.9. The number of methoxy groups -OCH3 is 2. The molecule has 0 bridgehead atoms. The van der Waals surface area contributed by atoms with Gasteiger partial charge in [0, 0.05) is 66.5 Å². The van der Waals surface area contributed by atoms with E-state index in [1.165, 1.54) is 67.1 Å². The van der Waals surface area contributed by atoms with Gasteiger partial charge in [-0.15, -0.1) is 11.3 Å². The van der Waals surface area contributed by atoms with Crippen LogP contribution in [0.25, 0.3) is 64.0 Å². The van der Waals surface area contributed by atoms with Gasteiger partial charge < -0.3 is 19.3 Å². The van der Waals surface area contributed by atoms with Crippen LogP contribution in [0.4, 0.5) is 34.1 Å². The molecule has 1 heterocycles. The molecule has 0 N–H and O–H groups in total. The second-order valence-corrected chi connectivity index (χ2v) is 18.9. The Morgan fingerprint density at radius 1 is 0.380 bits per heavy atom. The van der Waals surface area contributed by atoms with Gasteiger partial charge >= 0.3 is 11.9 Å². The second-order valence-electron chi connectivity index (χ2n) is 17.8. The van der Waals surface area contributed by atoms with Crippen LogP contribution in [-0.2, 0) is 31.9 Å². The van der Waals surface area contributed by atoms with Gasteiger partial charge in [0.2, 0.25) is 0 Å². The van der Waals surface area contributed by atoms with E-state index in [9.17, 15) is 9.59 Å². The van der Waals surface area contributed by atoms with Gasteiger partial charge in [-0.2, -0.15) is 0 Å². The molecule has 0 aliphatic heterocycles. The molecular formula is C64H50N2O4S. The van der Waals surface area contributed by atoms with Crippen molar-refractivity contribution in [3.8, 4) is 22.3 Å². The Labute approximate surface area is 417 Å². The van der Waals surface area contributed by atoms with Crippen LogP contribution in [0.3, 0.4) is 0 Å². The monoisotopic (exact) mass is 942 g/mol. The minimum Gasteiger partial charge on any atom is -0.469 e. The van der Waals surface area contributed by atoms with Gasteiger partial charge in [-0.25, -0.2) is 0 Å². The number of thiophene rings is 1. The molecule has 0 radical (unpaired) electrons. The zero-order valence-electron chi connectivity index (χ0n) is 39.5. The molecule has 0 saturated heterocycles. The van der Waals surface area contributed by atoms with E-state index in [0.29, 0.717) is 25.7 Å². The van der Waals surface area contributed by atoms with Crippen molar-refractivity contribution >= 4 is 99.1 Å². The summed E-state index contributed by atoms with van der Waals surface area (Å²) in [6.45, 7) is 0. The normalized spacial score (nSPS) is 11.3. The van der Waals surface area contributed by atoms with E-state index >= 15 is 0 Å². The van der Waals surface area contributed by atoms with E-state index in [1.807, 2.05) is 11.3 Å². The minimum atomic E-state index is -0.206. The number of hydrogen-bond donors (Lipinski definition) is 0. The molecule has 11 aromatic rings. The average Bonchev–Trinajstić information content (AvgIpc) is 3.80. The second kappa shape index (κ2) is 19.8. The van der Waals surface area contributed by atoms with Crippen molar-refractivity contribution in [1.29, 1.82) is 0 Å². The molecule has 0 aliphatic rings. The van der Waals surface area contributed by atoms with Crippen molar-refractivity contribution in [2.75, 3.05) is 24.0 Å². The van der Waals surface area contributed by atoms with Crippen LogP contribution >= 0.6 is 11.3 Å². The largest absolute Gasteiger partial charge is 0.469 e. The fourth-order valence-electron chi connectivity index (χ4n) is 9.72. The molecule has 1 aromatic heterocycles. The number of hydrogen-bond acceptors (Lipinski definition) is 7. The van der Waals surface area contributed by atoms with E-state index in [2.05, 4.69) is 228 Å². The summed E-state index contributed by atoms with van der Waals surface area (Å²) in [4.78, 5) is 28.3. The van der Waals surface area contributed by atoms with Gasteiger partial charge in [-0.05, 0) is 130 Å². The predicted molar refractivity (Wildman–Crippen MR) is 295 cm³/mol. The summed E-state index contributed by atoms with van der Waals surface area (Å²) in [5.74, 6) is -0.412. The van der Waals surface area contributed by atoms with E-state index in [1.54, 1.807) is 0 Å². The Kier molecular flexibility index (Phi) is 12.6. The number of esters is 2. The zero-order valence-corrected chi connectivity index (χ0v) is 40.4. The average molecular weight is 943 g/mol. The van der Waals surface area contributed by atoms with Crippen LogP contribution in [0.1, 0.15) is 24.0 Å². The third-order valence-electron chi connectivity index (χ3n) is 13.5. The molecule has 10 aromatic carbocycles. The van der Waals surface area contributed by atoms with E-state index < -0.39 is 0 Å². The molecule has 71 heavy (non-hydrogen) atoms. The van der Waals surface area contributed by atoms with Gasteiger partial charge in [0.25, 0.3) is 0 Å². The Hall–Kier alpha value is -8.52. The number of carbonyl (C=O) groups is 2. The van der Waals surface area contributed by atoms with Crippen LogP contribution < -0.4 is 9.80 Å². The first-order valence-electron chi connectivity index (χ1n) is 24.0. The molecule has 0 fully saturated rings. The molecular weight excluding hydrogens is 893 g/mol. The summed E-state index contributed by atoms with van der Waals surface area (Å²) in [5, 5.41) is 7.20. The summed E-state index contributed by atoms with van der Waals surface area (Å²) in [6, 6.07) is 78.3. The summed E-state index contributed by atoms with van der Waals surface area (Å²) in [7, 11) is 2.86. The number of carbonyl (C=O) groups excluding carboxylic acids is 2. The highest BCUT2D eigenvalue weighted by atomic mass is 32.1. The van der Waals surface area contributed by atoms with Gasteiger partial charge in [0.1, 0.15) is 0 Å². The first-order chi connectivity index (χ1) is 34.9. The van der Waals surface area contributed by atoms with E-state index in [-0.39, 0.29) is 11.9 Å². The van der Waals surface area contributed by atoms with Crippen LogP contribution in [0.2, 0.25) is 0 Å². The Balaban J connectivity index is 0.875. The first kappa shape index (κ1) is 45.0. The van der Waals surface area contributed by atoms with Crippen molar-refractivity contribution in [2.24, 2.45) is 0 Å². The topological polar surface area (TPSA) is 59.1 Å². The van der Waals surface area contributed by atoms with Crippen molar-refractivity contribution in [3.63, 3.8) is 0 Å². The summed E-state index contributed by atoms with van der Waals surface area (Å²) in [5.41, 5.74) is 13.2. The van der Waals surface area contributed by atoms with Crippen LogP contribution in [0.5, 0.6) is 0 Å². The maximum Gasteiger partial charge on any atom is 0.305 e. The number of anilines is 6. The number of rotatable bonds is 14. The molecule has 0 saturated carbocycles. The fraction of sp³-hybridized carbons (Fsp3) is 0.0938. The molecule has 0 unspecified atom stereocenters.